The molecule has 2 saturated heterocycles. The molecule has 43 heavy (non-hydrogen) atoms. The predicted molar refractivity (Wildman–Crippen MR) is 166 cm³/mol. The van der Waals surface area contributed by atoms with Crippen molar-refractivity contribution in [1.82, 2.24) is 49.3 Å². The van der Waals surface area contributed by atoms with E-state index in [9.17, 15) is 4.79 Å². The Balaban J connectivity index is 0.000000147. The van der Waals surface area contributed by atoms with Crippen LogP contribution in [0.2, 0.25) is 0 Å². The van der Waals surface area contributed by atoms with Crippen LogP contribution in [0.15, 0.2) is 49.6 Å². The largest absolute Gasteiger partial charge is 0.444 e. The zero-order valence-electron chi connectivity index (χ0n) is 24.9. The molecule has 0 aromatic carbocycles. The number of piperidine rings is 2. The molecule has 8 rings (SSSR count). The summed E-state index contributed by atoms with van der Waals surface area (Å²) in [6.07, 6.45) is 15.3. The average molecular weight is 583 g/mol. The van der Waals surface area contributed by atoms with Crippen molar-refractivity contribution in [2.45, 2.75) is 64.1 Å². The van der Waals surface area contributed by atoms with E-state index in [-0.39, 0.29) is 6.09 Å². The van der Waals surface area contributed by atoms with E-state index in [0.717, 1.165) is 59.2 Å². The van der Waals surface area contributed by atoms with Crippen molar-refractivity contribution in [1.29, 1.82) is 0 Å². The van der Waals surface area contributed by atoms with E-state index in [2.05, 4.69) is 50.4 Å². The normalized spacial score (nSPS) is 17.1. The van der Waals surface area contributed by atoms with Crippen molar-refractivity contribution < 1.29 is 9.53 Å². The smallest absolute Gasteiger partial charge is 0.410 e. The minimum absolute atomic E-state index is 0.223. The molecule has 224 valence electrons. The highest BCUT2D eigenvalue weighted by Gasteiger charge is 2.28. The molecular formula is C31H38N10O2. The molecule has 0 radical (unpaired) electrons. The van der Waals surface area contributed by atoms with Crippen LogP contribution in [-0.2, 0) is 4.74 Å². The van der Waals surface area contributed by atoms with Gasteiger partial charge < -0.3 is 34.1 Å². The fraction of sp³-hybridized carbons (Fsp3) is 0.452. The predicted octanol–water partition coefficient (Wildman–Crippen LogP) is 5.32. The fourth-order valence-electron chi connectivity index (χ4n) is 6.35. The molecule has 1 amide bonds. The van der Waals surface area contributed by atoms with Crippen molar-refractivity contribution in [3.63, 3.8) is 0 Å². The number of imidazole rings is 2. The molecule has 12 nitrogen and oxygen atoms in total. The number of H-pyrrole nitrogens is 2. The first-order valence-corrected chi connectivity index (χ1v) is 15.1. The molecule has 6 aromatic rings. The third-order valence-corrected chi connectivity index (χ3v) is 8.45. The second-order valence-corrected chi connectivity index (χ2v) is 12.4. The molecule has 0 aliphatic carbocycles. The zero-order valence-corrected chi connectivity index (χ0v) is 24.9. The van der Waals surface area contributed by atoms with Crippen LogP contribution in [0.1, 0.15) is 58.5 Å². The van der Waals surface area contributed by atoms with Gasteiger partial charge in [-0.15, -0.1) is 0 Å². The molecule has 0 spiro atoms. The van der Waals surface area contributed by atoms with Crippen LogP contribution in [0.5, 0.6) is 0 Å². The lowest BCUT2D eigenvalue weighted by Crippen LogP contribution is -2.42. The minimum atomic E-state index is -0.457. The van der Waals surface area contributed by atoms with Gasteiger partial charge in [0.15, 0.2) is 0 Å². The average Bonchev–Trinajstić information content (AvgIpc) is 3.81. The SMILES string of the molecule is CC(C)(C)OC(=O)N1CCC(n2cnc3cnc4[nH]ccc4c32)CC1.c1cc2c(ncc3ncn(C4CCNCC4)c32)[nH]1. The molecular weight excluding hydrogens is 544 g/mol. The van der Waals surface area contributed by atoms with Crippen LogP contribution >= 0.6 is 0 Å². The van der Waals surface area contributed by atoms with Gasteiger partial charge in [0.2, 0.25) is 0 Å². The Morgan fingerprint density at radius 2 is 1.30 bits per heavy atom. The summed E-state index contributed by atoms with van der Waals surface area (Å²) < 4.78 is 10.0. The number of rotatable bonds is 2. The van der Waals surface area contributed by atoms with E-state index >= 15 is 0 Å². The standard InChI is InChI=1S/C18H23N5O2.C13H15N5/c1-18(2,3)25-17(24)22-8-5-12(6-9-22)23-11-21-14-10-20-16-13(15(14)23)4-7-19-16;1-4-14-5-2-9(1)18-8-17-11-7-16-13-10(12(11)18)3-6-15-13/h4,7,10-12H,5-6,8-9H2,1-3H3,(H,19,20);3,6-9,14H,1-2,4-5H2,(H,15,16). The summed E-state index contributed by atoms with van der Waals surface area (Å²) in [7, 11) is 0. The number of amides is 1. The van der Waals surface area contributed by atoms with Gasteiger partial charge in [-0.2, -0.15) is 0 Å². The Kier molecular flexibility index (Phi) is 7.00. The summed E-state index contributed by atoms with van der Waals surface area (Å²) in [6.45, 7) is 9.25. The third kappa shape index (κ3) is 5.31. The third-order valence-electron chi connectivity index (χ3n) is 8.45. The Morgan fingerprint density at radius 1 is 0.791 bits per heavy atom. The maximum Gasteiger partial charge on any atom is 0.410 e. The van der Waals surface area contributed by atoms with Gasteiger partial charge in [-0.05, 0) is 71.7 Å². The number of ether oxygens (including phenoxy) is 1. The van der Waals surface area contributed by atoms with Gasteiger partial charge in [-0.25, -0.2) is 24.7 Å². The van der Waals surface area contributed by atoms with E-state index in [1.54, 1.807) is 11.1 Å². The molecule has 2 fully saturated rings. The first-order valence-electron chi connectivity index (χ1n) is 15.1. The highest BCUT2D eigenvalue weighted by molar-refractivity contribution is 6.01. The molecule has 2 aliphatic heterocycles. The summed E-state index contributed by atoms with van der Waals surface area (Å²) in [5, 5.41) is 5.66. The van der Waals surface area contributed by atoms with Crippen LogP contribution < -0.4 is 5.32 Å². The number of hydrogen-bond acceptors (Lipinski definition) is 7. The van der Waals surface area contributed by atoms with E-state index in [0.29, 0.717) is 25.2 Å². The Bertz CT molecular complexity index is 1880. The van der Waals surface area contributed by atoms with Crippen LogP contribution in [-0.4, -0.2) is 81.8 Å². The highest BCUT2D eigenvalue weighted by atomic mass is 16.6. The van der Waals surface area contributed by atoms with Crippen molar-refractivity contribution in [2.75, 3.05) is 26.2 Å². The lowest BCUT2D eigenvalue weighted by molar-refractivity contribution is 0.0189. The summed E-state index contributed by atoms with van der Waals surface area (Å²) in [5.41, 5.74) is 5.58. The van der Waals surface area contributed by atoms with Crippen molar-refractivity contribution in [2.24, 2.45) is 0 Å². The van der Waals surface area contributed by atoms with Crippen LogP contribution in [0.4, 0.5) is 4.79 Å². The maximum atomic E-state index is 12.2. The first kappa shape index (κ1) is 27.4. The number of aromatic nitrogens is 8. The number of nitrogens with one attached hydrogen (secondary N) is 3. The number of aromatic amines is 2. The lowest BCUT2D eigenvalue weighted by Gasteiger charge is -2.34. The number of carbonyl (C=O) groups excluding carboxylic acids is 1. The topological polar surface area (TPSA) is 135 Å². The van der Waals surface area contributed by atoms with Crippen LogP contribution in [0, 0.1) is 0 Å². The van der Waals surface area contributed by atoms with Gasteiger partial charge in [0, 0.05) is 48.3 Å². The number of carbonyl (C=O) groups is 1. The Labute approximate surface area is 248 Å². The summed E-state index contributed by atoms with van der Waals surface area (Å²) in [4.78, 5) is 38.1. The van der Waals surface area contributed by atoms with Gasteiger partial charge in [0.25, 0.3) is 0 Å². The Morgan fingerprint density at radius 3 is 1.81 bits per heavy atom. The molecule has 8 heterocycles. The van der Waals surface area contributed by atoms with Crippen molar-refractivity contribution in [3.05, 3.63) is 49.6 Å². The zero-order chi connectivity index (χ0) is 29.6. The van der Waals surface area contributed by atoms with Crippen molar-refractivity contribution >= 4 is 50.2 Å². The van der Waals surface area contributed by atoms with E-state index in [1.165, 1.54) is 23.7 Å². The maximum absolute atomic E-state index is 12.2. The van der Waals surface area contributed by atoms with Crippen LogP contribution in [0.25, 0.3) is 44.1 Å². The molecule has 0 unspecified atom stereocenters. The monoisotopic (exact) mass is 582 g/mol. The molecule has 6 aromatic heterocycles. The summed E-state index contributed by atoms with van der Waals surface area (Å²) in [6, 6.07) is 5.00. The van der Waals surface area contributed by atoms with Crippen LogP contribution in [0.3, 0.4) is 0 Å². The second-order valence-electron chi connectivity index (χ2n) is 12.4. The molecule has 12 heteroatoms. The van der Waals surface area contributed by atoms with Gasteiger partial charge in [-0.1, -0.05) is 0 Å². The van der Waals surface area contributed by atoms with Crippen molar-refractivity contribution in [3.8, 4) is 0 Å². The fourth-order valence-corrected chi connectivity index (χ4v) is 6.35. The minimum Gasteiger partial charge on any atom is -0.444 e. The van der Waals surface area contributed by atoms with Gasteiger partial charge in [0.05, 0.1) is 36.1 Å². The second kappa shape index (κ2) is 11.0. The number of nitrogens with zero attached hydrogens (tertiary/aromatic N) is 7. The lowest BCUT2D eigenvalue weighted by atomic mass is 10.0. The molecule has 3 N–H and O–H groups in total. The van der Waals surface area contributed by atoms with Gasteiger partial charge in [0.1, 0.15) is 27.9 Å². The highest BCUT2D eigenvalue weighted by Crippen LogP contribution is 2.31. The summed E-state index contributed by atoms with van der Waals surface area (Å²) >= 11 is 0. The van der Waals surface area contributed by atoms with E-state index in [4.69, 9.17) is 4.74 Å². The van der Waals surface area contributed by atoms with Gasteiger partial charge in [-0.3, -0.25) is 0 Å². The molecule has 0 saturated carbocycles. The number of pyridine rings is 2. The van der Waals surface area contributed by atoms with E-state index < -0.39 is 5.60 Å². The molecule has 0 bridgehead atoms. The quantitative estimate of drug-likeness (QED) is 0.251. The Hall–Kier alpha value is -4.45. The summed E-state index contributed by atoms with van der Waals surface area (Å²) in [5.74, 6) is 0. The molecule has 0 atom stereocenters. The first-order chi connectivity index (χ1) is 20.9. The number of likely N-dealkylation sites (tertiary alicyclic amines) is 1. The van der Waals surface area contributed by atoms with E-state index in [1.807, 2.05) is 58.1 Å². The number of hydrogen-bond donors (Lipinski definition) is 3. The number of fused-ring (bicyclic) bond motifs is 6. The molecule has 2 aliphatic rings. The van der Waals surface area contributed by atoms with Gasteiger partial charge >= 0.3 is 6.09 Å².